The number of nitrogens with one attached hydrogen (secondary N) is 1. The van der Waals surface area contributed by atoms with E-state index in [2.05, 4.69) is 5.32 Å². The first-order chi connectivity index (χ1) is 5.20. The quantitative estimate of drug-likeness (QED) is 0.366. The molecule has 4 N–H and O–H groups in total. The van der Waals surface area contributed by atoms with Crippen molar-refractivity contribution in [1.29, 1.82) is 0 Å². The van der Waals surface area contributed by atoms with Gasteiger partial charge in [0.2, 0.25) is 0 Å². The molecule has 0 radical (unpaired) electrons. The van der Waals surface area contributed by atoms with E-state index in [-0.39, 0.29) is 6.61 Å². The number of hydrogen-bond acceptors (Lipinski definition) is 5. The van der Waals surface area contributed by atoms with Crippen LogP contribution in [0.15, 0.2) is 0 Å². The van der Waals surface area contributed by atoms with Gasteiger partial charge in [0.1, 0.15) is 24.5 Å². The second kappa shape index (κ2) is 3.46. The lowest BCUT2D eigenvalue weighted by Crippen LogP contribution is -2.38. The number of aliphatic hydroxyl groups excluding tert-OH is 3. The SMILES string of the molecule is CNC1O[C@H](CO)[C@@H](O)[C@H]1O. The van der Waals surface area contributed by atoms with Gasteiger partial charge in [-0.05, 0) is 7.05 Å². The van der Waals surface area contributed by atoms with Gasteiger partial charge in [-0.25, -0.2) is 0 Å². The number of likely N-dealkylation sites (N-methyl/N-ethyl adjacent to an activating group) is 1. The smallest absolute Gasteiger partial charge is 0.137 e. The number of hydrogen-bond donors (Lipinski definition) is 4. The molecule has 0 spiro atoms. The predicted octanol–water partition coefficient (Wildman–Crippen LogP) is -2.36. The molecule has 66 valence electrons. The van der Waals surface area contributed by atoms with Gasteiger partial charge in [0.15, 0.2) is 0 Å². The zero-order valence-electron chi connectivity index (χ0n) is 6.27. The maximum Gasteiger partial charge on any atom is 0.137 e. The molecular formula is C6H13NO4. The summed E-state index contributed by atoms with van der Waals surface area (Å²) < 4.78 is 5.02. The van der Waals surface area contributed by atoms with E-state index in [1.165, 1.54) is 0 Å². The molecule has 1 heterocycles. The summed E-state index contributed by atoms with van der Waals surface area (Å²) in [6.07, 6.45) is -3.22. The molecule has 0 aromatic heterocycles. The molecule has 0 aromatic carbocycles. The summed E-state index contributed by atoms with van der Waals surface area (Å²) in [7, 11) is 1.61. The minimum Gasteiger partial charge on any atom is -0.394 e. The van der Waals surface area contributed by atoms with Crippen LogP contribution in [0.3, 0.4) is 0 Å². The van der Waals surface area contributed by atoms with Crippen LogP contribution in [-0.2, 0) is 4.74 Å². The topological polar surface area (TPSA) is 82.0 Å². The van der Waals surface area contributed by atoms with Gasteiger partial charge in [-0.2, -0.15) is 0 Å². The summed E-state index contributed by atoms with van der Waals surface area (Å²) in [5, 5.41) is 29.7. The first-order valence-electron chi connectivity index (χ1n) is 3.50. The Morgan fingerprint density at radius 1 is 1.36 bits per heavy atom. The minimum atomic E-state index is -1.00. The Balaban J connectivity index is 2.53. The average molecular weight is 163 g/mol. The van der Waals surface area contributed by atoms with E-state index in [1.54, 1.807) is 7.05 Å². The summed E-state index contributed by atoms with van der Waals surface area (Å²) in [6, 6.07) is 0. The van der Waals surface area contributed by atoms with Crippen molar-refractivity contribution in [1.82, 2.24) is 5.32 Å². The molecule has 0 amide bonds. The van der Waals surface area contributed by atoms with Crippen molar-refractivity contribution in [3.8, 4) is 0 Å². The van der Waals surface area contributed by atoms with Gasteiger partial charge in [0, 0.05) is 0 Å². The standard InChI is InChI=1S/C6H13NO4/c1-7-6-5(10)4(9)3(2-8)11-6/h3-10H,2H2,1H3/t3-,4-,5-,6?/m1/s1. The van der Waals surface area contributed by atoms with Gasteiger partial charge < -0.3 is 20.1 Å². The minimum absolute atomic E-state index is 0.281. The Hall–Kier alpha value is -0.200. The van der Waals surface area contributed by atoms with Crippen molar-refractivity contribution in [3.05, 3.63) is 0 Å². The molecule has 1 unspecified atom stereocenters. The highest BCUT2D eigenvalue weighted by atomic mass is 16.6. The lowest BCUT2D eigenvalue weighted by molar-refractivity contribution is -0.0302. The molecule has 1 aliphatic heterocycles. The van der Waals surface area contributed by atoms with E-state index in [0.29, 0.717) is 0 Å². The van der Waals surface area contributed by atoms with E-state index >= 15 is 0 Å². The van der Waals surface area contributed by atoms with Gasteiger partial charge >= 0.3 is 0 Å². The molecular weight excluding hydrogens is 150 g/mol. The maximum atomic E-state index is 9.21. The summed E-state index contributed by atoms with van der Waals surface area (Å²) in [5.41, 5.74) is 0. The summed E-state index contributed by atoms with van der Waals surface area (Å²) >= 11 is 0. The van der Waals surface area contributed by atoms with Crippen LogP contribution in [0, 0.1) is 0 Å². The van der Waals surface area contributed by atoms with Crippen LogP contribution < -0.4 is 5.32 Å². The summed E-state index contributed by atoms with van der Waals surface area (Å²) in [4.78, 5) is 0. The van der Waals surface area contributed by atoms with Crippen LogP contribution in [0.2, 0.25) is 0 Å². The second-order valence-corrected chi connectivity index (χ2v) is 2.55. The molecule has 0 bridgehead atoms. The number of ether oxygens (including phenoxy) is 1. The van der Waals surface area contributed by atoms with Gasteiger partial charge in [-0.15, -0.1) is 0 Å². The van der Waals surface area contributed by atoms with Crippen molar-refractivity contribution >= 4 is 0 Å². The van der Waals surface area contributed by atoms with E-state index < -0.39 is 24.5 Å². The monoisotopic (exact) mass is 163 g/mol. The number of aliphatic hydroxyl groups is 3. The van der Waals surface area contributed by atoms with Crippen molar-refractivity contribution in [3.63, 3.8) is 0 Å². The van der Waals surface area contributed by atoms with Crippen molar-refractivity contribution in [2.24, 2.45) is 0 Å². The van der Waals surface area contributed by atoms with Gasteiger partial charge in [0.05, 0.1) is 6.61 Å². The third-order valence-corrected chi connectivity index (χ3v) is 1.83. The molecule has 1 fully saturated rings. The summed E-state index contributed by atoms with van der Waals surface area (Å²) in [6.45, 7) is -0.281. The van der Waals surface area contributed by atoms with Crippen molar-refractivity contribution < 1.29 is 20.1 Å². The van der Waals surface area contributed by atoms with Crippen LogP contribution in [0.1, 0.15) is 0 Å². The van der Waals surface area contributed by atoms with Crippen LogP contribution in [0.5, 0.6) is 0 Å². The fourth-order valence-corrected chi connectivity index (χ4v) is 1.14. The first-order valence-corrected chi connectivity index (χ1v) is 3.50. The van der Waals surface area contributed by atoms with Crippen LogP contribution in [0.4, 0.5) is 0 Å². The molecule has 5 nitrogen and oxygen atoms in total. The fourth-order valence-electron chi connectivity index (χ4n) is 1.14. The Bertz CT molecular complexity index is 114. The number of rotatable bonds is 2. The van der Waals surface area contributed by atoms with Gasteiger partial charge in [0.25, 0.3) is 0 Å². The Labute approximate surface area is 64.6 Å². The highest BCUT2D eigenvalue weighted by Gasteiger charge is 2.41. The van der Waals surface area contributed by atoms with Crippen molar-refractivity contribution in [2.75, 3.05) is 13.7 Å². The second-order valence-electron chi connectivity index (χ2n) is 2.55. The fraction of sp³-hybridized carbons (Fsp3) is 1.00. The molecule has 1 saturated heterocycles. The van der Waals surface area contributed by atoms with Crippen LogP contribution in [0.25, 0.3) is 0 Å². The Morgan fingerprint density at radius 3 is 2.27 bits per heavy atom. The predicted molar refractivity (Wildman–Crippen MR) is 36.8 cm³/mol. The van der Waals surface area contributed by atoms with Crippen LogP contribution >= 0.6 is 0 Å². The molecule has 0 saturated carbocycles. The normalized spacial score (nSPS) is 44.7. The molecule has 11 heavy (non-hydrogen) atoms. The van der Waals surface area contributed by atoms with Gasteiger partial charge in [-0.1, -0.05) is 0 Å². The molecule has 1 rings (SSSR count). The third kappa shape index (κ3) is 1.52. The van der Waals surface area contributed by atoms with E-state index in [9.17, 15) is 10.2 Å². The molecule has 5 heteroatoms. The first kappa shape index (κ1) is 8.89. The zero-order chi connectivity index (χ0) is 8.43. The van der Waals surface area contributed by atoms with E-state index in [0.717, 1.165) is 0 Å². The average Bonchev–Trinajstić information content (AvgIpc) is 2.30. The van der Waals surface area contributed by atoms with Gasteiger partial charge in [-0.3, -0.25) is 5.32 Å². The molecule has 1 aliphatic rings. The zero-order valence-corrected chi connectivity index (χ0v) is 6.27. The highest BCUT2D eigenvalue weighted by molar-refractivity contribution is 4.88. The molecule has 0 aliphatic carbocycles. The molecule has 0 aromatic rings. The lowest BCUT2D eigenvalue weighted by Gasteiger charge is -2.12. The maximum absolute atomic E-state index is 9.21. The Kier molecular flexibility index (Phi) is 2.80. The highest BCUT2D eigenvalue weighted by Crippen LogP contribution is 2.18. The van der Waals surface area contributed by atoms with Crippen molar-refractivity contribution in [2.45, 2.75) is 24.5 Å². The van der Waals surface area contributed by atoms with E-state index in [4.69, 9.17) is 9.84 Å². The lowest BCUT2D eigenvalue weighted by atomic mass is 10.1. The third-order valence-electron chi connectivity index (χ3n) is 1.83. The molecule has 4 atom stereocenters. The summed E-state index contributed by atoms with van der Waals surface area (Å²) in [5.74, 6) is 0. The van der Waals surface area contributed by atoms with E-state index in [1.807, 2.05) is 0 Å². The van der Waals surface area contributed by atoms with Crippen LogP contribution in [-0.4, -0.2) is 53.5 Å². The Morgan fingerprint density at radius 2 is 2.00 bits per heavy atom. The largest absolute Gasteiger partial charge is 0.394 e.